The molecule has 1 saturated heterocycles. The Morgan fingerprint density at radius 1 is 1.26 bits per heavy atom. The summed E-state index contributed by atoms with van der Waals surface area (Å²) in [6.45, 7) is 7.34. The Bertz CT molecular complexity index is 1380. The predicted octanol–water partition coefficient (Wildman–Crippen LogP) is 1.47. The van der Waals surface area contributed by atoms with Crippen LogP contribution in [0.5, 0.6) is 0 Å². The van der Waals surface area contributed by atoms with Gasteiger partial charge in [0.2, 0.25) is 0 Å². The maximum absolute atomic E-state index is 12.6. The standard InChI is InChI=1S/C20H33N4O14P3S2/c1-4-7-34-15-9-17(36-16(15)11-35-40(29,30)38-41(31,32)37-39(26,27)28)24-10-14(18(22)23-19(24)25)6-5-8-33-13-42-43-20(2,3)12-21/h4,10,15-17H,1,7-9,11-13,21H2,2-3H3,(H,29,30)(H,31,32)(H2,22,23,25)(H2,26,27,28)/t15?,16-,17-/m1/s1. The molecule has 244 valence electrons. The summed E-state index contributed by atoms with van der Waals surface area (Å²) in [6, 6.07) is 0. The largest absolute Gasteiger partial charge is 0.490 e. The fraction of sp³-hybridized carbons (Fsp3) is 0.600. The molecule has 0 bridgehead atoms. The first-order chi connectivity index (χ1) is 19.9. The Labute approximate surface area is 254 Å². The third kappa shape index (κ3) is 13.8. The molecule has 0 radical (unpaired) electrons. The van der Waals surface area contributed by atoms with E-state index in [9.17, 15) is 28.3 Å². The molecule has 0 saturated carbocycles. The van der Waals surface area contributed by atoms with Crippen molar-refractivity contribution >= 4 is 50.9 Å². The molecular weight excluding hydrogens is 677 g/mol. The number of anilines is 1. The van der Waals surface area contributed by atoms with Gasteiger partial charge in [-0.2, -0.15) is 13.6 Å². The van der Waals surface area contributed by atoms with Gasteiger partial charge >= 0.3 is 29.2 Å². The van der Waals surface area contributed by atoms with Crippen molar-refractivity contribution in [3.8, 4) is 11.8 Å². The second kappa shape index (κ2) is 16.5. The third-order valence-electron chi connectivity index (χ3n) is 5.02. The number of hydrogen-bond acceptors (Lipinski definition) is 15. The van der Waals surface area contributed by atoms with Crippen molar-refractivity contribution in [2.24, 2.45) is 5.73 Å². The van der Waals surface area contributed by atoms with E-state index in [0.717, 1.165) is 4.57 Å². The van der Waals surface area contributed by atoms with Gasteiger partial charge in [-0.1, -0.05) is 39.5 Å². The molecule has 0 aromatic carbocycles. The Hall–Kier alpha value is -1.07. The van der Waals surface area contributed by atoms with Gasteiger partial charge in [-0.15, -0.1) is 6.58 Å². The number of hydrogen-bond donors (Lipinski definition) is 6. The van der Waals surface area contributed by atoms with E-state index in [4.69, 9.17) is 35.5 Å². The highest BCUT2D eigenvalue weighted by Crippen LogP contribution is 2.66. The number of nitrogens with two attached hydrogens (primary N) is 2. The summed E-state index contributed by atoms with van der Waals surface area (Å²) < 4.78 is 64.4. The van der Waals surface area contributed by atoms with Crippen molar-refractivity contribution in [2.45, 2.75) is 43.5 Å². The molecule has 1 aromatic rings. The zero-order valence-electron chi connectivity index (χ0n) is 22.9. The van der Waals surface area contributed by atoms with Crippen molar-refractivity contribution in [3.63, 3.8) is 0 Å². The molecule has 1 fully saturated rings. The molecule has 1 aromatic heterocycles. The van der Waals surface area contributed by atoms with Crippen LogP contribution in [0.2, 0.25) is 0 Å². The van der Waals surface area contributed by atoms with Crippen molar-refractivity contribution in [1.82, 2.24) is 9.55 Å². The first-order valence-electron chi connectivity index (χ1n) is 12.0. The van der Waals surface area contributed by atoms with Gasteiger partial charge in [-0.05, 0) is 13.8 Å². The first-order valence-corrected chi connectivity index (χ1v) is 18.8. The summed E-state index contributed by atoms with van der Waals surface area (Å²) in [5.74, 6) is 5.78. The number of phosphoric ester groups is 1. The van der Waals surface area contributed by atoms with E-state index in [-0.39, 0.29) is 35.8 Å². The van der Waals surface area contributed by atoms with Crippen LogP contribution in [-0.4, -0.2) is 78.4 Å². The molecule has 2 rings (SSSR count). The van der Waals surface area contributed by atoms with Gasteiger partial charge in [0.05, 0.1) is 24.9 Å². The number of ether oxygens (including phenoxy) is 3. The summed E-state index contributed by atoms with van der Waals surface area (Å²) in [5, 5.41) is 0. The van der Waals surface area contributed by atoms with Gasteiger partial charge in [0.1, 0.15) is 30.7 Å². The molecule has 8 N–H and O–H groups in total. The number of nitrogens with zero attached hydrogens (tertiary/aromatic N) is 2. The van der Waals surface area contributed by atoms with Crippen LogP contribution >= 0.6 is 45.1 Å². The van der Waals surface area contributed by atoms with E-state index in [1.54, 1.807) is 10.8 Å². The zero-order valence-corrected chi connectivity index (χ0v) is 27.2. The van der Waals surface area contributed by atoms with Gasteiger partial charge < -0.3 is 45.3 Å². The van der Waals surface area contributed by atoms with Gasteiger partial charge in [-0.25, -0.2) is 18.5 Å². The van der Waals surface area contributed by atoms with Crippen LogP contribution < -0.4 is 17.2 Å². The van der Waals surface area contributed by atoms with Crippen molar-refractivity contribution in [1.29, 1.82) is 0 Å². The SMILES string of the molecule is C=CCOC1C[C@H](n2cc(C#CCOCSSC(C)(C)CN)c(N)nc2=O)O[C@@H]1COP(=O)(O)OP(=O)(O)OP(=O)(O)O. The first kappa shape index (κ1) is 38.1. The average Bonchev–Trinajstić information content (AvgIpc) is 3.27. The molecule has 23 heteroatoms. The van der Waals surface area contributed by atoms with E-state index in [0.29, 0.717) is 12.5 Å². The minimum atomic E-state index is -5.71. The monoisotopic (exact) mass is 710 g/mol. The maximum atomic E-state index is 12.6. The molecule has 18 nitrogen and oxygen atoms in total. The minimum Gasteiger partial charge on any atom is -0.382 e. The van der Waals surface area contributed by atoms with Gasteiger partial charge in [0, 0.05) is 23.9 Å². The Kier molecular flexibility index (Phi) is 14.6. The molecule has 2 heterocycles. The van der Waals surface area contributed by atoms with Crippen LogP contribution in [0.25, 0.3) is 0 Å². The topological polar surface area (TPSA) is 274 Å². The molecule has 5 atom stereocenters. The lowest BCUT2D eigenvalue weighted by atomic mass is 10.2. The lowest BCUT2D eigenvalue weighted by molar-refractivity contribution is -0.0570. The van der Waals surface area contributed by atoms with E-state index >= 15 is 0 Å². The van der Waals surface area contributed by atoms with Crippen molar-refractivity contribution < 1.29 is 60.6 Å². The van der Waals surface area contributed by atoms with E-state index in [2.05, 4.69) is 36.5 Å². The van der Waals surface area contributed by atoms with Crippen LogP contribution in [0.3, 0.4) is 0 Å². The zero-order chi connectivity index (χ0) is 32.5. The fourth-order valence-corrected chi connectivity index (χ4v) is 8.24. The summed E-state index contributed by atoms with van der Waals surface area (Å²) in [7, 11) is -13.6. The van der Waals surface area contributed by atoms with Gasteiger partial charge in [0.25, 0.3) is 0 Å². The molecule has 3 unspecified atom stereocenters. The minimum absolute atomic E-state index is 0.00773. The highest BCUT2D eigenvalue weighted by Gasteiger charge is 2.43. The Morgan fingerprint density at radius 3 is 2.58 bits per heavy atom. The quantitative estimate of drug-likeness (QED) is 0.0333. The van der Waals surface area contributed by atoms with Gasteiger partial charge in [-0.3, -0.25) is 9.09 Å². The van der Waals surface area contributed by atoms with Crippen molar-refractivity contribution in [3.05, 3.63) is 34.9 Å². The lowest BCUT2D eigenvalue weighted by Crippen LogP contribution is -2.29. The number of phosphoric acid groups is 3. The lowest BCUT2D eigenvalue weighted by Gasteiger charge is -2.21. The maximum Gasteiger partial charge on any atom is 0.490 e. The third-order valence-corrected chi connectivity index (χ3v) is 11.8. The van der Waals surface area contributed by atoms with E-state index in [1.165, 1.54) is 23.1 Å². The molecule has 1 aliphatic heterocycles. The predicted molar refractivity (Wildman–Crippen MR) is 157 cm³/mol. The highest BCUT2D eigenvalue weighted by molar-refractivity contribution is 8.77. The molecule has 43 heavy (non-hydrogen) atoms. The highest BCUT2D eigenvalue weighted by atomic mass is 33.1. The number of rotatable bonds is 17. The second-order valence-electron chi connectivity index (χ2n) is 9.07. The van der Waals surface area contributed by atoms with Crippen LogP contribution in [0.4, 0.5) is 5.82 Å². The summed E-state index contributed by atoms with van der Waals surface area (Å²) >= 11 is 0. The Balaban J connectivity index is 2.10. The normalized spacial score (nSPS) is 21.9. The summed E-state index contributed by atoms with van der Waals surface area (Å²) in [5.41, 5.74) is 10.9. The van der Waals surface area contributed by atoms with Crippen LogP contribution in [0, 0.1) is 11.8 Å². The second-order valence-corrected chi connectivity index (χ2v) is 16.4. The average molecular weight is 711 g/mol. The number of nitrogen functional groups attached to an aromatic ring is 1. The Morgan fingerprint density at radius 2 is 1.95 bits per heavy atom. The smallest absolute Gasteiger partial charge is 0.382 e. The fourth-order valence-electron chi connectivity index (χ4n) is 3.12. The number of aromatic nitrogens is 2. The summed E-state index contributed by atoms with van der Waals surface area (Å²) in [4.78, 5) is 52.8. The molecule has 0 aliphatic carbocycles. The van der Waals surface area contributed by atoms with Gasteiger partial charge in [0.15, 0.2) is 0 Å². The van der Waals surface area contributed by atoms with Crippen LogP contribution in [0.15, 0.2) is 23.6 Å². The molecule has 1 aliphatic rings. The van der Waals surface area contributed by atoms with Crippen LogP contribution in [-0.2, 0) is 41.1 Å². The molecule has 0 spiro atoms. The molecular formula is C20H33N4O14P3S2. The van der Waals surface area contributed by atoms with E-state index in [1.807, 2.05) is 13.8 Å². The van der Waals surface area contributed by atoms with Crippen LogP contribution in [0.1, 0.15) is 32.1 Å². The molecule has 0 amide bonds. The summed E-state index contributed by atoms with van der Waals surface area (Å²) in [6.07, 6.45) is -0.319. The van der Waals surface area contributed by atoms with Crippen molar-refractivity contribution in [2.75, 3.05) is 38.0 Å². The van der Waals surface area contributed by atoms with E-state index < -0.39 is 54.2 Å².